The molecule has 0 saturated heterocycles. The fourth-order valence-corrected chi connectivity index (χ4v) is 2.94. The molecule has 0 atom stereocenters. The van der Waals surface area contributed by atoms with E-state index in [-0.39, 0.29) is 10.6 Å². The summed E-state index contributed by atoms with van der Waals surface area (Å²) in [5.74, 6) is -2.76. The summed E-state index contributed by atoms with van der Waals surface area (Å²) in [6, 6.07) is 6.96. The van der Waals surface area contributed by atoms with Gasteiger partial charge in [0.1, 0.15) is 11.8 Å². The normalized spacial score (nSPS) is 11.1. The Morgan fingerprint density at radius 2 is 1.90 bits per heavy atom. The van der Waals surface area contributed by atoms with Crippen LogP contribution in [0.4, 0.5) is 8.78 Å². The highest BCUT2D eigenvalue weighted by molar-refractivity contribution is 7.90. The van der Waals surface area contributed by atoms with Crippen molar-refractivity contribution < 1.29 is 17.2 Å². The van der Waals surface area contributed by atoms with Crippen molar-refractivity contribution in [2.75, 3.05) is 0 Å². The average molecular weight is 294 g/mol. The molecule has 0 unspecified atom stereocenters. The quantitative estimate of drug-likeness (QED) is 0.814. The standard InChI is InChI=1S/C13H8F2N2O2S/c14-12-2-1-11(6-13(12)15)20(18,19)8-9-3-4-17-10(5-9)7-16/h1-6H,8H2. The van der Waals surface area contributed by atoms with Gasteiger partial charge in [0.25, 0.3) is 0 Å². The van der Waals surface area contributed by atoms with Crippen LogP contribution >= 0.6 is 0 Å². The summed E-state index contributed by atoms with van der Waals surface area (Å²) >= 11 is 0. The minimum absolute atomic E-state index is 0.0861. The van der Waals surface area contributed by atoms with Gasteiger partial charge >= 0.3 is 0 Å². The molecule has 0 radical (unpaired) electrons. The van der Waals surface area contributed by atoms with E-state index in [0.29, 0.717) is 11.6 Å². The fraction of sp³-hybridized carbons (Fsp3) is 0.0769. The van der Waals surface area contributed by atoms with Gasteiger partial charge < -0.3 is 0 Å². The van der Waals surface area contributed by atoms with Crippen molar-refractivity contribution in [2.45, 2.75) is 10.6 Å². The van der Waals surface area contributed by atoms with E-state index in [1.807, 2.05) is 0 Å². The van der Waals surface area contributed by atoms with Crippen molar-refractivity contribution in [3.05, 3.63) is 59.4 Å². The number of hydrogen-bond donors (Lipinski definition) is 0. The second-order valence-corrected chi connectivity index (χ2v) is 5.99. The van der Waals surface area contributed by atoms with Gasteiger partial charge in [-0.3, -0.25) is 0 Å². The van der Waals surface area contributed by atoms with E-state index >= 15 is 0 Å². The number of halogens is 2. The highest BCUT2D eigenvalue weighted by Crippen LogP contribution is 2.19. The molecule has 2 rings (SSSR count). The van der Waals surface area contributed by atoms with Gasteiger partial charge in [0.2, 0.25) is 0 Å². The summed E-state index contributed by atoms with van der Waals surface area (Å²) in [5, 5.41) is 8.69. The maximum absolute atomic E-state index is 13.1. The monoisotopic (exact) mass is 294 g/mol. The molecule has 0 amide bonds. The van der Waals surface area contributed by atoms with E-state index in [9.17, 15) is 17.2 Å². The second-order valence-electron chi connectivity index (χ2n) is 4.00. The predicted molar refractivity (Wildman–Crippen MR) is 66.2 cm³/mol. The SMILES string of the molecule is N#Cc1cc(CS(=O)(=O)c2ccc(F)c(F)c2)ccn1. The third-order valence-corrected chi connectivity index (χ3v) is 4.23. The molecule has 0 aliphatic heterocycles. The minimum Gasteiger partial charge on any atom is -0.246 e. The van der Waals surface area contributed by atoms with Gasteiger partial charge in [0.05, 0.1) is 10.6 Å². The molecule has 0 N–H and O–H groups in total. The molecule has 0 bridgehead atoms. The lowest BCUT2D eigenvalue weighted by Gasteiger charge is -2.05. The van der Waals surface area contributed by atoms with Crippen LogP contribution in [0.2, 0.25) is 0 Å². The molecule has 0 fully saturated rings. The highest BCUT2D eigenvalue weighted by atomic mass is 32.2. The number of rotatable bonds is 3. The third kappa shape index (κ3) is 2.97. The maximum atomic E-state index is 13.1. The zero-order chi connectivity index (χ0) is 14.8. The number of nitrogens with zero attached hydrogens (tertiary/aromatic N) is 2. The van der Waals surface area contributed by atoms with E-state index in [1.54, 1.807) is 6.07 Å². The zero-order valence-corrected chi connectivity index (χ0v) is 10.9. The Kier molecular flexibility index (Phi) is 3.77. The van der Waals surface area contributed by atoms with Gasteiger partial charge in [0.15, 0.2) is 21.5 Å². The molecule has 4 nitrogen and oxygen atoms in total. The van der Waals surface area contributed by atoms with Gasteiger partial charge in [-0.25, -0.2) is 22.2 Å². The van der Waals surface area contributed by atoms with Gasteiger partial charge in [-0.05, 0) is 35.9 Å². The van der Waals surface area contributed by atoms with Gasteiger partial charge in [-0.15, -0.1) is 0 Å². The van der Waals surface area contributed by atoms with Crippen molar-refractivity contribution in [3.8, 4) is 6.07 Å². The van der Waals surface area contributed by atoms with Crippen molar-refractivity contribution in [1.82, 2.24) is 4.98 Å². The van der Waals surface area contributed by atoms with Crippen LogP contribution < -0.4 is 0 Å². The van der Waals surface area contributed by atoms with E-state index in [1.165, 1.54) is 18.3 Å². The zero-order valence-electron chi connectivity index (χ0n) is 10.0. The van der Waals surface area contributed by atoms with Crippen molar-refractivity contribution in [1.29, 1.82) is 5.26 Å². The molecule has 7 heteroatoms. The van der Waals surface area contributed by atoms with Crippen LogP contribution in [0.5, 0.6) is 0 Å². The first kappa shape index (κ1) is 14.1. The first-order valence-electron chi connectivity index (χ1n) is 5.45. The predicted octanol–water partition coefficient (Wildman–Crippen LogP) is 2.21. The molecule has 1 aromatic carbocycles. The molecule has 102 valence electrons. The smallest absolute Gasteiger partial charge is 0.182 e. The number of hydrogen-bond acceptors (Lipinski definition) is 4. The Morgan fingerprint density at radius 3 is 2.55 bits per heavy atom. The molecule has 0 aliphatic carbocycles. The van der Waals surface area contributed by atoms with E-state index in [4.69, 9.17) is 5.26 Å². The summed E-state index contributed by atoms with van der Waals surface area (Å²) < 4.78 is 50.0. The molecular formula is C13H8F2N2O2S. The Morgan fingerprint density at radius 1 is 1.15 bits per heavy atom. The van der Waals surface area contributed by atoms with E-state index < -0.39 is 27.2 Å². The van der Waals surface area contributed by atoms with Crippen LogP contribution in [-0.2, 0) is 15.6 Å². The summed E-state index contributed by atoms with van der Waals surface area (Å²) in [4.78, 5) is 3.41. The lowest BCUT2D eigenvalue weighted by atomic mass is 10.2. The molecule has 0 spiro atoms. The molecule has 0 saturated carbocycles. The van der Waals surface area contributed by atoms with Crippen molar-refractivity contribution in [2.24, 2.45) is 0 Å². The Balaban J connectivity index is 2.35. The highest BCUT2D eigenvalue weighted by Gasteiger charge is 2.17. The van der Waals surface area contributed by atoms with Crippen LogP contribution in [0.1, 0.15) is 11.3 Å². The Labute approximate surface area is 114 Å². The lowest BCUT2D eigenvalue weighted by molar-refractivity contribution is 0.504. The second kappa shape index (κ2) is 5.35. The molecule has 2 aromatic rings. The van der Waals surface area contributed by atoms with Crippen LogP contribution in [0.15, 0.2) is 41.4 Å². The van der Waals surface area contributed by atoms with Gasteiger partial charge in [0, 0.05) is 6.20 Å². The first-order chi connectivity index (χ1) is 9.42. The molecule has 20 heavy (non-hydrogen) atoms. The maximum Gasteiger partial charge on any atom is 0.182 e. The lowest BCUT2D eigenvalue weighted by Crippen LogP contribution is -2.06. The number of nitriles is 1. The Hall–Kier alpha value is -2.33. The third-order valence-electron chi connectivity index (χ3n) is 2.55. The fourth-order valence-electron chi connectivity index (χ4n) is 1.60. The summed E-state index contributed by atoms with van der Waals surface area (Å²) in [6.45, 7) is 0. The van der Waals surface area contributed by atoms with Crippen LogP contribution in [0.25, 0.3) is 0 Å². The number of pyridine rings is 1. The van der Waals surface area contributed by atoms with Gasteiger partial charge in [-0.1, -0.05) is 0 Å². The summed E-state index contributed by atoms with van der Waals surface area (Å²) in [5.41, 5.74) is 0.435. The largest absolute Gasteiger partial charge is 0.246 e. The van der Waals surface area contributed by atoms with Crippen LogP contribution in [-0.4, -0.2) is 13.4 Å². The molecule has 1 heterocycles. The van der Waals surface area contributed by atoms with Crippen molar-refractivity contribution >= 4 is 9.84 Å². The minimum atomic E-state index is -3.82. The molecule has 1 aromatic heterocycles. The average Bonchev–Trinajstić information content (AvgIpc) is 2.41. The molecule has 0 aliphatic rings. The van der Waals surface area contributed by atoms with Gasteiger partial charge in [-0.2, -0.15) is 5.26 Å². The topological polar surface area (TPSA) is 70.8 Å². The van der Waals surface area contributed by atoms with E-state index in [0.717, 1.165) is 12.1 Å². The number of benzene rings is 1. The van der Waals surface area contributed by atoms with Crippen LogP contribution in [0, 0.1) is 23.0 Å². The van der Waals surface area contributed by atoms with Crippen LogP contribution in [0.3, 0.4) is 0 Å². The first-order valence-corrected chi connectivity index (χ1v) is 7.10. The summed E-state index contributed by atoms with van der Waals surface area (Å²) in [6.07, 6.45) is 1.31. The Bertz CT molecular complexity index is 798. The summed E-state index contributed by atoms with van der Waals surface area (Å²) in [7, 11) is -3.82. The number of aromatic nitrogens is 1. The van der Waals surface area contributed by atoms with Crippen molar-refractivity contribution in [3.63, 3.8) is 0 Å². The molecular weight excluding hydrogens is 286 g/mol. The number of sulfone groups is 1. The van der Waals surface area contributed by atoms with E-state index in [2.05, 4.69) is 4.98 Å².